The van der Waals surface area contributed by atoms with E-state index in [0.29, 0.717) is 11.4 Å². The van der Waals surface area contributed by atoms with Gasteiger partial charge in [0.05, 0.1) is 0 Å². The average molecular weight is 302 g/mol. The smallest absolute Gasteiger partial charge is 0.239 e. The van der Waals surface area contributed by atoms with Crippen LogP contribution in [0.25, 0.3) is 0 Å². The molecule has 0 radical (unpaired) electrons. The van der Waals surface area contributed by atoms with Crippen molar-refractivity contribution in [2.75, 3.05) is 23.9 Å². The number of thiocarbonyl (C=S) groups is 1. The number of amides is 1. The molecule has 3 N–H and O–H groups in total. The van der Waals surface area contributed by atoms with Gasteiger partial charge in [-0.15, -0.1) is 0 Å². The Hall–Kier alpha value is -1.67. The molecule has 0 saturated carbocycles. The molecule has 0 aliphatic carbocycles. The quantitative estimate of drug-likeness (QED) is 0.735. The van der Waals surface area contributed by atoms with E-state index >= 15 is 0 Å². The van der Waals surface area contributed by atoms with Crippen LogP contribution in [0, 0.1) is 0 Å². The zero-order valence-electron chi connectivity index (χ0n) is 10.3. The SMILES string of the molecule is CS(=O)(=O)CC(=O)Nc1ccc(OCC(N)=S)cc1. The highest BCUT2D eigenvalue weighted by molar-refractivity contribution is 7.91. The van der Waals surface area contributed by atoms with E-state index in [1.54, 1.807) is 24.3 Å². The maximum absolute atomic E-state index is 11.4. The number of anilines is 1. The Kier molecular flexibility index (Phi) is 5.25. The lowest BCUT2D eigenvalue weighted by Gasteiger charge is -2.07. The van der Waals surface area contributed by atoms with E-state index < -0.39 is 21.5 Å². The summed E-state index contributed by atoms with van der Waals surface area (Å²) >= 11 is 4.67. The van der Waals surface area contributed by atoms with E-state index in [1.807, 2.05) is 0 Å². The molecule has 0 unspecified atom stereocenters. The summed E-state index contributed by atoms with van der Waals surface area (Å²) in [4.78, 5) is 11.6. The Morgan fingerprint density at radius 3 is 2.42 bits per heavy atom. The summed E-state index contributed by atoms with van der Waals surface area (Å²) in [5, 5.41) is 2.47. The molecule has 0 aliphatic rings. The lowest BCUT2D eigenvalue weighted by molar-refractivity contribution is -0.113. The number of carbonyl (C=O) groups is 1. The van der Waals surface area contributed by atoms with Crippen molar-refractivity contribution >= 4 is 38.6 Å². The van der Waals surface area contributed by atoms with Crippen molar-refractivity contribution in [3.05, 3.63) is 24.3 Å². The third-order valence-electron chi connectivity index (χ3n) is 1.91. The van der Waals surface area contributed by atoms with Crippen LogP contribution in [0.4, 0.5) is 5.69 Å². The van der Waals surface area contributed by atoms with Crippen LogP contribution in [0.15, 0.2) is 24.3 Å². The fraction of sp³-hybridized carbons (Fsp3) is 0.273. The molecule has 0 aromatic heterocycles. The first-order chi connectivity index (χ1) is 8.76. The van der Waals surface area contributed by atoms with Gasteiger partial charge in [-0.25, -0.2) is 8.42 Å². The van der Waals surface area contributed by atoms with Gasteiger partial charge in [0, 0.05) is 11.9 Å². The Bertz CT molecular complexity index is 567. The Morgan fingerprint density at radius 2 is 1.95 bits per heavy atom. The first-order valence-corrected chi connectivity index (χ1v) is 7.72. The molecule has 8 heteroatoms. The molecule has 1 aromatic carbocycles. The molecule has 0 bridgehead atoms. The molecule has 0 aliphatic heterocycles. The normalized spacial score (nSPS) is 10.8. The topological polar surface area (TPSA) is 98.5 Å². The number of carbonyl (C=O) groups excluding carboxylic acids is 1. The minimum Gasteiger partial charge on any atom is -0.487 e. The Morgan fingerprint density at radius 1 is 1.37 bits per heavy atom. The summed E-state index contributed by atoms with van der Waals surface area (Å²) in [7, 11) is -3.33. The van der Waals surface area contributed by atoms with Crippen molar-refractivity contribution in [2.24, 2.45) is 5.73 Å². The number of benzene rings is 1. The van der Waals surface area contributed by atoms with Gasteiger partial charge in [-0.1, -0.05) is 12.2 Å². The predicted molar refractivity (Wildman–Crippen MR) is 77.1 cm³/mol. The number of rotatable bonds is 6. The summed E-state index contributed by atoms with van der Waals surface area (Å²) in [6.45, 7) is 0.134. The van der Waals surface area contributed by atoms with Crippen molar-refractivity contribution in [3.8, 4) is 5.75 Å². The van der Waals surface area contributed by atoms with Crippen LogP contribution < -0.4 is 15.8 Å². The third-order valence-corrected chi connectivity index (χ3v) is 2.82. The first kappa shape index (κ1) is 15.4. The molecule has 0 spiro atoms. The highest BCUT2D eigenvalue weighted by Gasteiger charge is 2.10. The lowest BCUT2D eigenvalue weighted by atomic mass is 10.3. The van der Waals surface area contributed by atoms with Crippen molar-refractivity contribution < 1.29 is 17.9 Å². The van der Waals surface area contributed by atoms with E-state index in [2.05, 4.69) is 17.5 Å². The van der Waals surface area contributed by atoms with Gasteiger partial charge in [0.25, 0.3) is 0 Å². The standard InChI is InChI=1S/C11H14N2O4S2/c1-19(15,16)7-11(14)13-8-2-4-9(5-3-8)17-6-10(12)18/h2-5H,6-7H2,1H3,(H2,12,18)(H,13,14). The van der Waals surface area contributed by atoms with Gasteiger partial charge >= 0.3 is 0 Å². The number of hydrogen-bond donors (Lipinski definition) is 2. The van der Waals surface area contributed by atoms with Crippen LogP contribution >= 0.6 is 12.2 Å². The molecule has 0 fully saturated rings. The molecule has 0 saturated heterocycles. The van der Waals surface area contributed by atoms with Crippen molar-refractivity contribution in [3.63, 3.8) is 0 Å². The molecular formula is C11H14N2O4S2. The minimum atomic E-state index is -3.33. The highest BCUT2D eigenvalue weighted by atomic mass is 32.2. The minimum absolute atomic E-state index is 0.134. The van der Waals surface area contributed by atoms with Gasteiger partial charge in [0.2, 0.25) is 5.91 Å². The summed E-state index contributed by atoms with van der Waals surface area (Å²) in [6, 6.07) is 6.42. The van der Waals surface area contributed by atoms with Crippen LogP contribution in [-0.2, 0) is 14.6 Å². The Labute approximate surface area is 116 Å². The van der Waals surface area contributed by atoms with Gasteiger partial charge in [0.15, 0.2) is 9.84 Å². The summed E-state index contributed by atoms with van der Waals surface area (Å²) < 4.78 is 27.1. The second-order valence-corrected chi connectivity index (χ2v) is 6.56. The number of hydrogen-bond acceptors (Lipinski definition) is 5. The second-order valence-electron chi connectivity index (χ2n) is 3.90. The fourth-order valence-electron chi connectivity index (χ4n) is 1.22. The van der Waals surface area contributed by atoms with Gasteiger partial charge in [0.1, 0.15) is 23.1 Å². The largest absolute Gasteiger partial charge is 0.487 e. The van der Waals surface area contributed by atoms with Crippen molar-refractivity contribution in [2.45, 2.75) is 0 Å². The number of ether oxygens (including phenoxy) is 1. The highest BCUT2D eigenvalue weighted by Crippen LogP contribution is 2.15. The van der Waals surface area contributed by atoms with Crippen LogP contribution in [0.1, 0.15) is 0 Å². The first-order valence-electron chi connectivity index (χ1n) is 5.25. The maximum Gasteiger partial charge on any atom is 0.239 e. The van der Waals surface area contributed by atoms with E-state index in [0.717, 1.165) is 6.26 Å². The van der Waals surface area contributed by atoms with Gasteiger partial charge in [-0.2, -0.15) is 0 Å². The zero-order valence-corrected chi connectivity index (χ0v) is 11.9. The van der Waals surface area contributed by atoms with Crippen LogP contribution in [0.2, 0.25) is 0 Å². The van der Waals surface area contributed by atoms with Crippen molar-refractivity contribution in [1.82, 2.24) is 0 Å². The predicted octanol–water partition coefficient (Wildman–Crippen LogP) is 0.335. The number of nitrogens with two attached hydrogens (primary N) is 1. The van der Waals surface area contributed by atoms with Crippen LogP contribution in [0.3, 0.4) is 0 Å². The maximum atomic E-state index is 11.4. The van der Waals surface area contributed by atoms with Gasteiger partial charge < -0.3 is 15.8 Å². The molecule has 1 amide bonds. The molecule has 104 valence electrons. The molecule has 1 rings (SSSR count). The number of nitrogens with one attached hydrogen (secondary N) is 1. The second kappa shape index (κ2) is 6.48. The lowest BCUT2D eigenvalue weighted by Crippen LogP contribution is -2.21. The van der Waals surface area contributed by atoms with Crippen LogP contribution in [-0.4, -0.2) is 37.9 Å². The summed E-state index contributed by atoms with van der Waals surface area (Å²) in [6.07, 6.45) is 0.999. The summed E-state index contributed by atoms with van der Waals surface area (Å²) in [5.74, 6) is -0.583. The number of sulfone groups is 1. The van der Waals surface area contributed by atoms with Gasteiger partial charge in [-0.05, 0) is 24.3 Å². The zero-order chi connectivity index (χ0) is 14.5. The molecule has 0 heterocycles. The van der Waals surface area contributed by atoms with Gasteiger partial charge in [-0.3, -0.25) is 4.79 Å². The van der Waals surface area contributed by atoms with Crippen LogP contribution in [0.5, 0.6) is 5.75 Å². The van der Waals surface area contributed by atoms with E-state index in [9.17, 15) is 13.2 Å². The van der Waals surface area contributed by atoms with E-state index in [-0.39, 0.29) is 11.6 Å². The molecular weight excluding hydrogens is 288 g/mol. The van der Waals surface area contributed by atoms with E-state index in [1.165, 1.54) is 0 Å². The third kappa shape index (κ3) is 6.73. The average Bonchev–Trinajstić information content (AvgIpc) is 2.25. The molecule has 19 heavy (non-hydrogen) atoms. The molecule has 1 aromatic rings. The monoisotopic (exact) mass is 302 g/mol. The summed E-state index contributed by atoms with van der Waals surface area (Å²) in [5.41, 5.74) is 5.77. The van der Waals surface area contributed by atoms with E-state index in [4.69, 9.17) is 10.5 Å². The molecule has 0 atom stereocenters. The fourth-order valence-corrected chi connectivity index (χ4v) is 1.83. The Balaban J connectivity index is 2.57. The van der Waals surface area contributed by atoms with Crippen molar-refractivity contribution in [1.29, 1.82) is 0 Å². The molecule has 6 nitrogen and oxygen atoms in total.